The second-order valence-corrected chi connectivity index (χ2v) is 6.60. The Balaban J connectivity index is 2.43. The molecule has 6 heteroatoms. The second kappa shape index (κ2) is 6.85. The monoisotopic (exact) mass is 314 g/mol. The normalized spacial score (nSPS) is 13.2. The number of nitrogens with zero attached hydrogens (tertiary/aromatic N) is 4. The van der Waals surface area contributed by atoms with Gasteiger partial charge in [-0.3, -0.25) is 0 Å². The molecule has 0 aliphatic carbocycles. The Morgan fingerprint density at radius 1 is 1.35 bits per heavy atom. The summed E-state index contributed by atoms with van der Waals surface area (Å²) in [6.07, 6.45) is 1.13. The van der Waals surface area contributed by atoms with Crippen molar-refractivity contribution in [1.82, 2.24) is 19.3 Å². The smallest absolute Gasteiger partial charge is 0.159 e. The number of thioether (sulfide) groups is 1. The summed E-state index contributed by atoms with van der Waals surface area (Å²) >= 11 is 8.07. The lowest BCUT2D eigenvalue weighted by atomic mass is 10.2. The SMILES string of the molecule is CCSCCC(C)n1c(CCl)nc2c(C)nn(CC)c21. The Morgan fingerprint density at radius 3 is 2.70 bits per heavy atom. The summed E-state index contributed by atoms with van der Waals surface area (Å²) in [5.74, 6) is 3.74. The van der Waals surface area contributed by atoms with Crippen LogP contribution >= 0.6 is 23.4 Å². The highest BCUT2D eigenvalue weighted by molar-refractivity contribution is 7.99. The highest BCUT2D eigenvalue weighted by atomic mass is 35.5. The van der Waals surface area contributed by atoms with Crippen LogP contribution in [0.5, 0.6) is 0 Å². The van der Waals surface area contributed by atoms with E-state index in [0.717, 1.165) is 41.4 Å². The molecule has 2 aromatic heterocycles. The second-order valence-electron chi connectivity index (χ2n) is 4.94. The lowest BCUT2D eigenvalue weighted by Crippen LogP contribution is -2.13. The van der Waals surface area contributed by atoms with Gasteiger partial charge in [0.25, 0.3) is 0 Å². The zero-order valence-electron chi connectivity index (χ0n) is 12.7. The van der Waals surface area contributed by atoms with Crippen LogP contribution in [0.2, 0.25) is 0 Å². The molecule has 0 aromatic carbocycles. The first-order valence-corrected chi connectivity index (χ1v) is 8.90. The topological polar surface area (TPSA) is 35.6 Å². The number of imidazole rings is 1. The molecule has 0 aliphatic rings. The van der Waals surface area contributed by atoms with Gasteiger partial charge in [0.2, 0.25) is 0 Å². The summed E-state index contributed by atoms with van der Waals surface area (Å²) in [7, 11) is 0. The number of hydrogen-bond acceptors (Lipinski definition) is 3. The van der Waals surface area contributed by atoms with E-state index in [-0.39, 0.29) is 0 Å². The Kier molecular flexibility index (Phi) is 5.38. The molecule has 4 nitrogen and oxygen atoms in total. The number of rotatable bonds is 7. The lowest BCUT2D eigenvalue weighted by molar-refractivity contribution is 0.514. The van der Waals surface area contributed by atoms with Crippen molar-refractivity contribution in [2.24, 2.45) is 0 Å². The molecule has 2 aromatic rings. The van der Waals surface area contributed by atoms with Crippen LogP contribution in [0.3, 0.4) is 0 Å². The molecular formula is C14H23ClN4S. The standard InChI is InChI=1S/C14H23ClN4S/c1-5-18-14-13(11(4)17-18)16-12(9-15)19(14)10(3)7-8-20-6-2/h10H,5-9H2,1-4H3. The molecule has 112 valence electrons. The molecule has 0 N–H and O–H groups in total. The maximum Gasteiger partial charge on any atom is 0.159 e. The van der Waals surface area contributed by atoms with Gasteiger partial charge in [-0.25, -0.2) is 9.67 Å². The quantitative estimate of drug-likeness (QED) is 0.572. The molecule has 1 unspecified atom stereocenters. The van der Waals surface area contributed by atoms with E-state index in [2.05, 4.69) is 35.4 Å². The van der Waals surface area contributed by atoms with Crippen LogP contribution in [-0.2, 0) is 12.4 Å². The Hall–Kier alpha value is -0.680. The molecule has 0 saturated heterocycles. The molecule has 0 aliphatic heterocycles. The first-order valence-electron chi connectivity index (χ1n) is 7.21. The molecule has 0 radical (unpaired) electrons. The number of halogens is 1. The van der Waals surface area contributed by atoms with Crippen molar-refractivity contribution in [3.63, 3.8) is 0 Å². The first kappa shape index (κ1) is 15.7. The van der Waals surface area contributed by atoms with Crippen molar-refractivity contribution in [3.05, 3.63) is 11.5 Å². The largest absolute Gasteiger partial charge is 0.309 e. The number of aromatic nitrogens is 4. The van der Waals surface area contributed by atoms with E-state index in [1.54, 1.807) is 0 Å². The molecule has 0 amide bonds. The molecule has 0 saturated carbocycles. The van der Waals surface area contributed by atoms with Gasteiger partial charge in [0, 0.05) is 12.6 Å². The van der Waals surface area contributed by atoms with Crippen molar-refractivity contribution < 1.29 is 0 Å². The van der Waals surface area contributed by atoms with Crippen LogP contribution in [0, 0.1) is 6.92 Å². The van der Waals surface area contributed by atoms with Crippen LogP contribution < -0.4 is 0 Å². The molecule has 2 rings (SSSR count). The number of fused-ring (bicyclic) bond motifs is 1. The Morgan fingerprint density at radius 2 is 2.10 bits per heavy atom. The summed E-state index contributed by atoms with van der Waals surface area (Å²) in [5.41, 5.74) is 3.11. The highest BCUT2D eigenvalue weighted by Gasteiger charge is 2.20. The van der Waals surface area contributed by atoms with Gasteiger partial charge in [-0.1, -0.05) is 6.92 Å². The molecule has 0 fully saturated rings. The van der Waals surface area contributed by atoms with Gasteiger partial charge in [-0.05, 0) is 38.7 Å². The van der Waals surface area contributed by atoms with E-state index < -0.39 is 0 Å². The van der Waals surface area contributed by atoms with Crippen molar-refractivity contribution in [1.29, 1.82) is 0 Å². The van der Waals surface area contributed by atoms with E-state index in [1.165, 1.54) is 5.75 Å². The maximum atomic E-state index is 6.10. The third-order valence-electron chi connectivity index (χ3n) is 3.56. The van der Waals surface area contributed by atoms with Gasteiger partial charge < -0.3 is 4.57 Å². The van der Waals surface area contributed by atoms with Gasteiger partial charge in [-0.15, -0.1) is 11.6 Å². The van der Waals surface area contributed by atoms with E-state index in [0.29, 0.717) is 11.9 Å². The Bertz CT molecular complexity index is 575. The minimum atomic E-state index is 0.397. The van der Waals surface area contributed by atoms with Crippen LogP contribution in [0.1, 0.15) is 44.8 Å². The minimum Gasteiger partial charge on any atom is -0.309 e. The van der Waals surface area contributed by atoms with Crippen molar-refractivity contribution in [2.75, 3.05) is 11.5 Å². The van der Waals surface area contributed by atoms with Crippen molar-refractivity contribution in [2.45, 2.75) is 52.6 Å². The van der Waals surface area contributed by atoms with E-state index in [1.807, 2.05) is 23.4 Å². The maximum absolute atomic E-state index is 6.10. The van der Waals surface area contributed by atoms with Gasteiger partial charge in [-0.2, -0.15) is 16.9 Å². The molecule has 0 spiro atoms. The summed E-state index contributed by atoms with van der Waals surface area (Å²) in [6.45, 7) is 9.43. The lowest BCUT2D eigenvalue weighted by Gasteiger charge is -2.17. The Labute approximate surface area is 129 Å². The van der Waals surface area contributed by atoms with Gasteiger partial charge in [0.1, 0.15) is 11.3 Å². The number of aryl methyl sites for hydroxylation is 2. The average molecular weight is 315 g/mol. The molecule has 20 heavy (non-hydrogen) atoms. The third kappa shape index (κ3) is 2.84. The van der Waals surface area contributed by atoms with Crippen molar-refractivity contribution >= 4 is 34.5 Å². The summed E-state index contributed by atoms with van der Waals surface area (Å²) in [5, 5.41) is 4.57. The van der Waals surface area contributed by atoms with E-state index >= 15 is 0 Å². The summed E-state index contributed by atoms with van der Waals surface area (Å²) < 4.78 is 4.32. The molecular weight excluding hydrogens is 292 g/mol. The van der Waals surface area contributed by atoms with Gasteiger partial charge >= 0.3 is 0 Å². The molecule has 0 bridgehead atoms. The van der Waals surface area contributed by atoms with Gasteiger partial charge in [0.15, 0.2) is 5.65 Å². The molecule has 2 heterocycles. The fourth-order valence-corrected chi connectivity index (χ4v) is 3.52. The third-order valence-corrected chi connectivity index (χ3v) is 4.73. The highest BCUT2D eigenvalue weighted by Crippen LogP contribution is 2.27. The van der Waals surface area contributed by atoms with Crippen LogP contribution in [0.4, 0.5) is 0 Å². The zero-order valence-corrected chi connectivity index (χ0v) is 14.3. The van der Waals surface area contributed by atoms with Gasteiger partial charge in [0.05, 0.1) is 11.6 Å². The number of alkyl halides is 1. The van der Waals surface area contributed by atoms with Crippen LogP contribution in [0.15, 0.2) is 0 Å². The fraction of sp³-hybridized carbons (Fsp3) is 0.714. The summed E-state index contributed by atoms with van der Waals surface area (Å²) in [6, 6.07) is 0.397. The molecule has 1 atom stereocenters. The summed E-state index contributed by atoms with van der Waals surface area (Å²) in [4.78, 5) is 4.69. The van der Waals surface area contributed by atoms with Crippen LogP contribution in [0.25, 0.3) is 11.2 Å². The predicted molar refractivity (Wildman–Crippen MR) is 87.8 cm³/mol. The zero-order chi connectivity index (χ0) is 14.7. The van der Waals surface area contributed by atoms with Crippen LogP contribution in [-0.4, -0.2) is 30.8 Å². The first-order chi connectivity index (χ1) is 9.63. The van der Waals surface area contributed by atoms with Crippen molar-refractivity contribution in [3.8, 4) is 0 Å². The van der Waals surface area contributed by atoms with E-state index in [4.69, 9.17) is 11.6 Å². The predicted octanol–water partition coefficient (Wildman–Crippen LogP) is 4.00. The van der Waals surface area contributed by atoms with E-state index in [9.17, 15) is 0 Å². The average Bonchev–Trinajstić information content (AvgIpc) is 2.96. The minimum absolute atomic E-state index is 0.397. The fourth-order valence-electron chi connectivity index (χ4n) is 2.54. The number of hydrogen-bond donors (Lipinski definition) is 0.